The van der Waals surface area contributed by atoms with Crippen LogP contribution in [0.3, 0.4) is 0 Å². The Kier molecular flexibility index (Phi) is 2.66. The van der Waals surface area contributed by atoms with E-state index in [9.17, 15) is 9.59 Å². The van der Waals surface area contributed by atoms with Gasteiger partial charge in [0.15, 0.2) is 5.58 Å². The van der Waals surface area contributed by atoms with E-state index in [1.807, 2.05) is 0 Å². The largest absolute Gasteiger partial charge is 0.419 e. The van der Waals surface area contributed by atoms with Gasteiger partial charge in [-0.3, -0.25) is 9.36 Å². The standard InChI is InChI=1S/C11H8ClNO3/c1-13-8-4-2-7(3-5-10(12)14)6-9(8)16-11(13)15/h2-6H,1H3/b5-3-. The van der Waals surface area contributed by atoms with Gasteiger partial charge in [0.05, 0.1) is 5.52 Å². The lowest BCUT2D eigenvalue weighted by molar-refractivity contribution is -0.107. The molecule has 1 aromatic heterocycles. The molecule has 4 nitrogen and oxygen atoms in total. The molecule has 0 saturated heterocycles. The molecule has 0 bridgehead atoms. The summed E-state index contributed by atoms with van der Waals surface area (Å²) in [5, 5.41) is -0.547. The minimum absolute atomic E-state index is 0.412. The lowest BCUT2D eigenvalue weighted by atomic mass is 10.2. The van der Waals surface area contributed by atoms with Gasteiger partial charge in [-0.05, 0) is 35.4 Å². The molecule has 16 heavy (non-hydrogen) atoms. The lowest BCUT2D eigenvalue weighted by Crippen LogP contribution is -2.08. The molecule has 0 aliphatic heterocycles. The second-order valence-corrected chi connectivity index (χ2v) is 3.66. The maximum Gasteiger partial charge on any atom is 0.419 e. The number of benzene rings is 1. The van der Waals surface area contributed by atoms with E-state index in [0.717, 1.165) is 5.56 Å². The predicted octanol–water partition coefficient (Wildman–Crippen LogP) is 1.91. The minimum Gasteiger partial charge on any atom is -0.408 e. The first-order chi connectivity index (χ1) is 7.58. The number of carbonyl (C=O) groups is 1. The van der Waals surface area contributed by atoms with E-state index in [1.165, 1.54) is 10.6 Å². The zero-order valence-electron chi connectivity index (χ0n) is 8.44. The normalized spacial score (nSPS) is 11.4. The van der Waals surface area contributed by atoms with Gasteiger partial charge in [-0.1, -0.05) is 12.1 Å². The number of fused-ring (bicyclic) bond motifs is 1. The Labute approximate surface area is 95.7 Å². The highest BCUT2D eigenvalue weighted by atomic mass is 35.5. The number of carbonyl (C=O) groups excluding carboxylic acids is 1. The van der Waals surface area contributed by atoms with E-state index < -0.39 is 11.0 Å². The van der Waals surface area contributed by atoms with Crippen LogP contribution in [0.2, 0.25) is 0 Å². The predicted molar refractivity (Wildman–Crippen MR) is 61.3 cm³/mol. The van der Waals surface area contributed by atoms with Crippen molar-refractivity contribution in [2.45, 2.75) is 0 Å². The van der Waals surface area contributed by atoms with Gasteiger partial charge in [-0.25, -0.2) is 4.79 Å². The molecule has 0 aliphatic rings. The monoisotopic (exact) mass is 237 g/mol. The number of allylic oxidation sites excluding steroid dienone is 1. The first-order valence-electron chi connectivity index (χ1n) is 4.55. The van der Waals surface area contributed by atoms with Crippen molar-refractivity contribution in [1.82, 2.24) is 4.57 Å². The number of rotatable bonds is 2. The Morgan fingerprint density at radius 1 is 1.50 bits per heavy atom. The molecule has 0 unspecified atom stereocenters. The fourth-order valence-corrected chi connectivity index (χ4v) is 1.48. The van der Waals surface area contributed by atoms with Crippen LogP contribution in [-0.2, 0) is 11.8 Å². The Balaban J connectivity index is 2.53. The van der Waals surface area contributed by atoms with Crippen LogP contribution in [-0.4, -0.2) is 9.81 Å². The van der Waals surface area contributed by atoms with Crippen LogP contribution in [0.4, 0.5) is 0 Å². The minimum atomic E-state index is -0.547. The zero-order chi connectivity index (χ0) is 11.7. The van der Waals surface area contributed by atoms with Gasteiger partial charge in [0.25, 0.3) is 0 Å². The number of aromatic nitrogens is 1. The van der Waals surface area contributed by atoms with E-state index in [4.69, 9.17) is 16.0 Å². The molecular weight excluding hydrogens is 230 g/mol. The van der Waals surface area contributed by atoms with Gasteiger partial charge in [0.2, 0.25) is 5.24 Å². The molecule has 0 saturated carbocycles. The average molecular weight is 238 g/mol. The molecule has 2 aromatic rings. The molecule has 1 heterocycles. The smallest absolute Gasteiger partial charge is 0.408 e. The first-order valence-corrected chi connectivity index (χ1v) is 4.93. The zero-order valence-corrected chi connectivity index (χ0v) is 9.19. The van der Waals surface area contributed by atoms with E-state index in [-0.39, 0.29) is 0 Å². The summed E-state index contributed by atoms with van der Waals surface area (Å²) in [6, 6.07) is 5.19. The van der Waals surface area contributed by atoms with E-state index in [2.05, 4.69) is 0 Å². The fraction of sp³-hybridized carbons (Fsp3) is 0.0909. The molecule has 0 fully saturated rings. The number of aryl methyl sites for hydroxylation is 1. The molecule has 2 rings (SSSR count). The molecule has 1 aromatic carbocycles. The van der Waals surface area contributed by atoms with Crippen molar-refractivity contribution < 1.29 is 9.21 Å². The van der Waals surface area contributed by atoms with Crippen LogP contribution >= 0.6 is 11.6 Å². The highest BCUT2D eigenvalue weighted by molar-refractivity contribution is 6.66. The molecule has 0 amide bonds. The van der Waals surface area contributed by atoms with Gasteiger partial charge in [0.1, 0.15) is 0 Å². The second kappa shape index (κ2) is 3.98. The van der Waals surface area contributed by atoms with Crippen LogP contribution in [0.5, 0.6) is 0 Å². The molecular formula is C11H8ClNO3. The van der Waals surface area contributed by atoms with Crippen molar-refractivity contribution in [3.05, 3.63) is 40.4 Å². The molecule has 0 radical (unpaired) electrons. The quantitative estimate of drug-likeness (QED) is 0.592. The third-order valence-electron chi connectivity index (χ3n) is 2.22. The number of hydrogen-bond donors (Lipinski definition) is 0. The van der Waals surface area contributed by atoms with Gasteiger partial charge in [0, 0.05) is 7.05 Å². The van der Waals surface area contributed by atoms with Crippen LogP contribution in [0.25, 0.3) is 17.2 Å². The molecule has 82 valence electrons. The van der Waals surface area contributed by atoms with E-state index in [0.29, 0.717) is 11.1 Å². The highest BCUT2D eigenvalue weighted by Gasteiger charge is 2.04. The summed E-state index contributed by atoms with van der Waals surface area (Å²) >= 11 is 5.17. The SMILES string of the molecule is Cn1c(=O)oc2cc(/C=C\C(=O)Cl)ccc21. The molecule has 0 N–H and O–H groups in total. The van der Waals surface area contributed by atoms with Crippen molar-refractivity contribution in [2.75, 3.05) is 0 Å². The van der Waals surface area contributed by atoms with Gasteiger partial charge in [-0.2, -0.15) is 0 Å². The third kappa shape index (κ3) is 1.92. The second-order valence-electron chi connectivity index (χ2n) is 3.29. The van der Waals surface area contributed by atoms with Crippen molar-refractivity contribution in [3.8, 4) is 0 Å². The summed E-state index contributed by atoms with van der Waals surface area (Å²) in [4.78, 5) is 21.8. The van der Waals surface area contributed by atoms with Crippen LogP contribution < -0.4 is 5.76 Å². The molecule has 0 atom stereocenters. The maximum absolute atomic E-state index is 11.2. The number of halogens is 1. The number of hydrogen-bond acceptors (Lipinski definition) is 3. The lowest BCUT2D eigenvalue weighted by Gasteiger charge is -1.93. The van der Waals surface area contributed by atoms with Crippen LogP contribution in [0.15, 0.2) is 33.5 Å². The molecule has 0 aliphatic carbocycles. The summed E-state index contributed by atoms with van der Waals surface area (Å²) in [7, 11) is 1.63. The summed E-state index contributed by atoms with van der Waals surface area (Å²) in [5.74, 6) is -0.412. The number of oxazole rings is 1. The van der Waals surface area contributed by atoms with Crippen molar-refractivity contribution in [3.63, 3.8) is 0 Å². The van der Waals surface area contributed by atoms with Gasteiger partial charge in [-0.15, -0.1) is 0 Å². The number of nitrogens with zero attached hydrogens (tertiary/aromatic N) is 1. The van der Waals surface area contributed by atoms with Gasteiger partial charge < -0.3 is 4.42 Å². The van der Waals surface area contributed by atoms with Crippen LogP contribution in [0, 0.1) is 0 Å². The third-order valence-corrected chi connectivity index (χ3v) is 2.35. The Hall–Kier alpha value is -1.81. The summed E-state index contributed by atoms with van der Waals surface area (Å²) in [5.41, 5.74) is 1.94. The fourth-order valence-electron chi connectivity index (χ4n) is 1.42. The maximum atomic E-state index is 11.2. The Morgan fingerprint density at radius 3 is 2.94 bits per heavy atom. The van der Waals surface area contributed by atoms with Crippen molar-refractivity contribution in [2.24, 2.45) is 7.05 Å². The topological polar surface area (TPSA) is 52.2 Å². The first kappa shape index (κ1) is 10.7. The highest BCUT2D eigenvalue weighted by Crippen LogP contribution is 2.15. The molecule has 0 spiro atoms. The average Bonchev–Trinajstić information content (AvgIpc) is 2.52. The van der Waals surface area contributed by atoms with Crippen molar-refractivity contribution >= 4 is 34.0 Å². The Morgan fingerprint density at radius 2 is 2.25 bits per heavy atom. The Bertz CT molecular complexity index is 636. The van der Waals surface area contributed by atoms with E-state index >= 15 is 0 Å². The van der Waals surface area contributed by atoms with Crippen molar-refractivity contribution in [1.29, 1.82) is 0 Å². The summed E-state index contributed by atoms with van der Waals surface area (Å²) in [6.07, 6.45) is 2.80. The summed E-state index contributed by atoms with van der Waals surface area (Å²) in [6.45, 7) is 0. The summed E-state index contributed by atoms with van der Waals surface area (Å²) < 4.78 is 6.41. The van der Waals surface area contributed by atoms with Crippen LogP contribution in [0.1, 0.15) is 5.56 Å². The van der Waals surface area contributed by atoms with Gasteiger partial charge >= 0.3 is 5.76 Å². The molecule has 5 heteroatoms. The van der Waals surface area contributed by atoms with E-state index in [1.54, 1.807) is 31.3 Å².